The molecule has 1 N–H and O–H groups in total. The van der Waals surface area contributed by atoms with Gasteiger partial charge in [-0.2, -0.15) is 0 Å². The molecule has 0 aromatic rings. The summed E-state index contributed by atoms with van der Waals surface area (Å²) >= 11 is 0. The fourth-order valence-electron chi connectivity index (χ4n) is 1.84. The van der Waals surface area contributed by atoms with Gasteiger partial charge in [0.1, 0.15) is 6.29 Å². The quantitative estimate of drug-likeness (QED) is 0.601. The maximum Gasteiger partial charge on any atom is 0.244 e. The molecular weight excluding hydrogens is 270 g/mol. The van der Waals surface area contributed by atoms with E-state index in [1.54, 1.807) is 19.1 Å². The Balaban J connectivity index is 2.42. The molecule has 0 aromatic carbocycles. The second-order valence-electron chi connectivity index (χ2n) is 5.62. The van der Waals surface area contributed by atoms with Gasteiger partial charge >= 0.3 is 0 Å². The maximum atomic E-state index is 11.7. The molecule has 1 fully saturated rings. The van der Waals surface area contributed by atoms with Crippen LogP contribution in [0.15, 0.2) is 23.8 Å². The molecule has 21 heavy (non-hydrogen) atoms. The van der Waals surface area contributed by atoms with Crippen LogP contribution in [0.25, 0.3) is 0 Å². The molecule has 1 aliphatic heterocycles. The van der Waals surface area contributed by atoms with Crippen molar-refractivity contribution in [3.63, 3.8) is 0 Å². The number of amides is 1. The zero-order valence-corrected chi connectivity index (χ0v) is 13.2. The van der Waals surface area contributed by atoms with Gasteiger partial charge in [-0.05, 0) is 31.4 Å². The van der Waals surface area contributed by atoms with Crippen molar-refractivity contribution in [3.05, 3.63) is 23.8 Å². The summed E-state index contributed by atoms with van der Waals surface area (Å²) in [5, 5.41) is 2.87. The number of carbonyl (C=O) groups is 2. The van der Waals surface area contributed by atoms with Gasteiger partial charge in [0.25, 0.3) is 0 Å². The Hall–Kier alpha value is -1.46. The van der Waals surface area contributed by atoms with Crippen LogP contribution in [-0.2, 0) is 19.1 Å². The normalized spacial score (nSPS) is 27.1. The summed E-state index contributed by atoms with van der Waals surface area (Å²) in [7, 11) is 0. The van der Waals surface area contributed by atoms with E-state index in [-0.39, 0.29) is 24.3 Å². The number of nitrogens with one attached hydrogen (secondary N) is 1. The fourth-order valence-corrected chi connectivity index (χ4v) is 1.84. The minimum atomic E-state index is -0.366. The van der Waals surface area contributed by atoms with Gasteiger partial charge in [0.15, 0.2) is 6.29 Å². The van der Waals surface area contributed by atoms with Gasteiger partial charge in [-0.15, -0.1) is 0 Å². The lowest BCUT2D eigenvalue weighted by Gasteiger charge is -2.34. The molecule has 0 aromatic heterocycles. The molecule has 0 spiro atoms. The minimum absolute atomic E-state index is 0.134. The van der Waals surface area contributed by atoms with Crippen molar-refractivity contribution >= 4 is 12.2 Å². The molecule has 5 heteroatoms. The predicted octanol–water partition coefficient (Wildman–Crippen LogP) is 1.98. The molecule has 0 radical (unpaired) electrons. The second-order valence-corrected chi connectivity index (χ2v) is 5.62. The maximum absolute atomic E-state index is 11.7. The summed E-state index contributed by atoms with van der Waals surface area (Å²) in [6, 6.07) is -0.165. The molecule has 5 nitrogen and oxygen atoms in total. The summed E-state index contributed by atoms with van der Waals surface area (Å²) in [4.78, 5) is 22.3. The van der Waals surface area contributed by atoms with E-state index in [2.05, 4.69) is 5.32 Å². The number of aldehydes is 1. The van der Waals surface area contributed by atoms with Crippen molar-refractivity contribution in [2.75, 3.05) is 6.61 Å². The van der Waals surface area contributed by atoms with E-state index >= 15 is 0 Å². The van der Waals surface area contributed by atoms with Crippen LogP contribution in [0.1, 0.15) is 34.1 Å². The topological polar surface area (TPSA) is 64.6 Å². The lowest BCUT2D eigenvalue weighted by atomic mass is 10.1. The molecule has 1 heterocycles. The third kappa shape index (κ3) is 6.69. The average Bonchev–Trinajstić information content (AvgIpc) is 2.45. The number of rotatable bonds is 6. The number of allylic oxidation sites excluding steroid dienone is 2. The van der Waals surface area contributed by atoms with E-state index < -0.39 is 0 Å². The van der Waals surface area contributed by atoms with Gasteiger partial charge in [-0.3, -0.25) is 9.59 Å². The highest BCUT2D eigenvalue weighted by Gasteiger charge is 2.29. The minimum Gasteiger partial charge on any atom is -0.350 e. The molecule has 3 atom stereocenters. The standard InChI is InChI=1S/C16H25NO4/c1-11(2)5-7-15(19)17-14-10-20-16(21-13(14)4)8-6-12(3)9-18/h5-7,9,11,13-14,16H,8,10H2,1-4H3,(H,17,19)/b7-5-,12-6+/t13-,14-,16+/m1/s1. The molecule has 0 bridgehead atoms. The van der Waals surface area contributed by atoms with Crippen LogP contribution in [0, 0.1) is 5.92 Å². The van der Waals surface area contributed by atoms with Crippen molar-refractivity contribution in [2.24, 2.45) is 5.92 Å². The molecular formula is C16H25NO4. The van der Waals surface area contributed by atoms with Crippen molar-refractivity contribution in [2.45, 2.75) is 52.6 Å². The highest BCUT2D eigenvalue weighted by Crippen LogP contribution is 2.16. The SMILES string of the molecule is C/C(C=O)=C\C[C@H]1OC[C@@H](NC(=O)/C=C\C(C)C)[C@@H](C)O1. The van der Waals surface area contributed by atoms with Crippen molar-refractivity contribution in [1.29, 1.82) is 0 Å². The largest absolute Gasteiger partial charge is 0.350 e. The Morgan fingerprint density at radius 2 is 2.14 bits per heavy atom. The van der Waals surface area contributed by atoms with Gasteiger partial charge in [0.2, 0.25) is 5.91 Å². The summed E-state index contributed by atoms with van der Waals surface area (Å²) < 4.78 is 11.3. The smallest absolute Gasteiger partial charge is 0.244 e. The Morgan fingerprint density at radius 1 is 1.43 bits per heavy atom. The summed E-state index contributed by atoms with van der Waals surface area (Å²) in [6.07, 6.45) is 6.01. The van der Waals surface area contributed by atoms with Crippen LogP contribution in [0.3, 0.4) is 0 Å². The van der Waals surface area contributed by atoms with E-state index in [1.807, 2.05) is 26.8 Å². The van der Waals surface area contributed by atoms with Crippen molar-refractivity contribution in [1.82, 2.24) is 5.32 Å². The lowest BCUT2D eigenvalue weighted by molar-refractivity contribution is -0.217. The highest BCUT2D eigenvalue weighted by atomic mass is 16.7. The zero-order chi connectivity index (χ0) is 15.8. The van der Waals surface area contributed by atoms with Crippen LogP contribution in [0.4, 0.5) is 0 Å². The van der Waals surface area contributed by atoms with E-state index in [4.69, 9.17) is 9.47 Å². The molecule has 1 amide bonds. The first kappa shape index (κ1) is 17.6. The second kappa shape index (κ2) is 8.74. The molecule has 1 rings (SSSR count). The highest BCUT2D eigenvalue weighted by molar-refractivity contribution is 5.87. The Bertz CT molecular complexity index is 415. The number of carbonyl (C=O) groups excluding carboxylic acids is 2. The monoisotopic (exact) mass is 295 g/mol. The van der Waals surface area contributed by atoms with Gasteiger partial charge in [-0.1, -0.05) is 26.0 Å². The van der Waals surface area contributed by atoms with Crippen LogP contribution in [0.2, 0.25) is 0 Å². The molecule has 0 unspecified atom stereocenters. The van der Waals surface area contributed by atoms with Gasteiger partial charge < -0.3 is 14.8 Å². The number of hydrogen-bond acceptors (Lipinski definition) is 4. The Kier molecular flexibility index (Phi) is 7.32. The predicted molar refractivity (Wildman–Crippen MR) is 80.6 cm³/mol. The van der Waals surface area contributed by atoms with Crippen LogP contribution < -0.4 is 5.32 Å². The first-order chi connectivity index (χ1) is 9.92. The molecule has 0 saturated carbocycles. The molecule has 118 valence electrons. The first-order valence-corrected chi connectivity index (χ1v) is 7.30. The summed E-state index contributed by atoms with van der Waals surface area (Å²) in [5.41, 5.74) is 0.657. The van der Waals surface area contributed by atoms with Gasteiger partial charge in [-0.25, -0.2) is 0 Å². The number of ether oxygens (including phenoxy) is 2. The molecule has 1 saturated heterocycles. The van der Waals surface area contributed by atoms with E-state index in [9.17, 15) is 9.59 Å². The van der Waals surface area contributed by atoms with E-state index in [0.717, 1.165) is 6.29 Å². The van der Waals surface area contributed by atoms with Gasteiger partial charge in [0.05, 0.1) is 18.8 Å². The number of hydrogen-bond donors (Lipinski definition) is 1. The third-order valence-corrected chi connectivity index (χ3v) is 3.17. The molecule has 0 aliphatic carbocycles. The zero-order valence-electron chi connectivity index (χ0n) is 13.2. The average molecular weight is 295 g/mol. The summed E-state index contributed by atoms with van der Waals surface area (Å²) in [5.74, 6) is 0.201. The lowest BCUT2D eigenvalue weighted by Crippen LogP contribution is -2.51. The summed E-state index contributed by atoms with van der Waals surface area (Å²) in [6.45, 7) is 8.07. The Labute approximate surface area is 126 Å². The van der Waals surface area contributed by atoms with E-state index in [0.29, 0.717) is 24.5 Å². The Morgan fingerprint density at radius 3 is 2.71 bits per heavy atom. The van der Waals surface area contributed by atoms with Crippen LogP contribution in [0.5, 0.6) is 0 Å². The molecule has 1 aliphatic rings. The van der Waals surface area contributed by atoms with E-state index in [1.165, 1.54) is 0 Å². The van der Waals surface area contributed by atoms with Crippen LogP contribution in [-0.4, -0.2) is 37.2 Å². The van der Waals surface area contributed by atoms with Gasteiger partial charge in [0, 0.05) is 6.42 Å². The van der Waals surface area contributed by atoms with Crippen molar-refractivity contribution < 1.29 is 19.1 Å². The van der Waals surface area contributed by atoms with Crippen molar-refractivity contribution in [3.8, 4) is 0 Å². The first-order valence-electron chi connectivity index (χ1n) is 7.30. The fraction of sp³-hybridized carbons (Fsp3) is 0.625. The third-order valence-electron chi connectivity index (χ3n) is 3.17. The van der Waals surface area contributed by atoms with Crippen LogP contribution >= 0.6 is 0 Å².